The molecule has 0 spiro atoms. The number of halogens is 2. The van der Waals surface area contributed by atoms with E-state index in [1.54, 1.807) is 29.2 Å². The van der Waals surface area contributed by atoms with Crippen LogP contribution in [0.4, 0.5) is 5.13 Å². The summed E-state index contributed by atoms with van der Waals surface area (Å²) in [6.07, 6.45) is 0. The molecule has 0 unspecified atom stereocenters. The molecule has 8 heteroatoms. The van der Waals surface area contributed by atoms with Crippen molar-refractivity contribution in [3.8, 4) is 0 Å². The molecule has 1 aromatic heterocycles. The third-order valence-corrected chi connectivity index (χ3v) is 6.79. The number of aryl methyl sites for hydroxylation is 1. The molecule has 1 amide bonds. The molecule has 2 aromatic carbocycles. The van der Waals surface area contributed by atoms with E-state index in [9.17, 15) is 4.79 Å². The van der Waals surface area contributed by atoms with Crippen molar-refractivity contribution in [2.24, 2.45) is 0 Å². The first kappa shape index (κ1) is 20.6. The number of amides is 1. The van der Waals surface area contributed by atoms with Gasteiger partial charge < -0.3 is 4.74 Å². The number of carbonyl (C=O) groups is 1. The Bertz CT molecular complexity index is 978. The van der Waals surface area contributed by atoms with Crippen LogP contribution >= 0.6 is 34.5 Å². The highest BCUT2D eigenvalue weighted by atomic mass is 35.5. The lowest BCUT2D eigenvalue weighted by atomic mass is 10.2. The average molecular weight is 450 g/mol. The summed E-state index contributed by atoms with van der Waals surface area (Å²) in [5.41, 5.74) is 2.47. The van der Waals surface area contributed by atoms with Gasteiger partial charge in [0.25, 0.3) is 5.91 Å². The van der Waals surface area contributed by atoms with Gasteiger partial charge in [0, 0.05) is 36.8 Å². The minimum absolute atomic E-state index is 0.0947. The van der Waals surface area contributed by atoms with E-state index in [0.717, 1.165) is 48.6 Å². The van der Waals surface area contributed by atoms with Gasteiger partial charge in [0.1, 0.15) is 0 Å². The quantitative estimate of drug-likeness (QED) is 0.555. The third-order valence-electron chi connectivity index (χ3n) is 5.00. The molecule has 0 aliphatic carbocycles. The van der Waals surface area contributed by atoms with Crippen molar-refractivity contribution in [1.82, 2.24) is 9.88 Å². The van der Waals surface area contributed by atoms with Crippen LogP contribution in [-0.2, 0) is 4.74 Å². The van der Waals surface area contributed by atoms with Gasteiger partial charge in [0.05, 0.1) is 28.5 Å². The minimum atomic E-state index is -0.0947. The second-order valence-electron chi connectivity index (χ2n) is 6.96. The Morgan fingerprint density at radius 1 is 1.17 bits per heavy atom. The lowest BCUT2D eigenvalue weighted by molar-refractivity contribution is 0.0391. The van der Waals surface area contributed by atoms with Gasteiger partial charge >= 0.3 is 0 Å². The maximum Gasteiger partial charge on any atom is 0.260 e. The Kier molecular flexibility index (Phi) is 6.37. The number of morpholine rings is 1. The van der Waals surface area contributed by atoms with E-state index in [0.29, 0.717) is 27.3 Å². The first-order valence-corrected chi connectivity index (χ1v) is 11.0. The summed E-state index contributed by atoms with van der Waals surface area (Å²) in [5, 5.41) is 1.91. The Balaban J connectivity index is 1.67. The molecule has 29 heavy (non-hydrogen) atoms. The number of fused-ring (bicyclic) bond motifs is 1. The SMILES string of the molecule is Cc1ccc(Cl)c2sc(N(CCN3CCOCC3)C(=O)c3ccc(Cl)cc3)nc12. The Labute approximate surface area is 183 Å². The zero-order valence-electron chi connectivity index (χ0n) is 16.0. The normalized spacial score (nSPS) is 15.0. The predicted molar refractivity (Wildman–Crippen MR) is 120 cm³/mol. The average Bonchev–Trinajstić information content (AvgIpc) is 3.19. The maximum absolute atomic E-state index is 13.3. The van der Waals surface area contributed by atoms with Crippen molar-refractivity contribution >= 4 is 55.8 Å². The number of aromatic nitrogens is 1. The van der Waals surface area contributed by atoms with Gasteiger partial charge in [-0.2, -0.15) is 0 Å². The molecule has 0 saturated carbocycles. The Hall–Kier alpha value is -1.70. The summed E-state index contributed by atoms with van der Waals surface area (Å²) in [5.74, 6) is -0.0947. The zero-order chi connectivity index (χ0) is 20.4. The summed E-state index contributed by atoms with van der Waals surface area (Å²) in [6, 6.07) is 10.8. The molecule has 0 radical (unpaired) electrons. The van der Waals surface area contributed by atoms with E-state index in [1.165, 1.54) is 11.3 Å². The molecular weight excluding hydrogens is 429 g/mol. The number of benzene rings is 2. The van der Waals surface area contributed by atoms with Gasteiger partial charge in [-0.1, -0.05) is 40.6 Å². The highest BCUT2D eigenvalue weighted by Crippen LogP contribution is 2.36. The molecule has 0 N–H and O–H groups in total. The minimum Gasteiger partial charge on any atom is -0.379 e. The number of anilines is 1. The summed E-state index contributed by atoms with van der Waals surface area (Å²) < 4.78 is 6.33. The highest BCUT2D eigenvalue weighted by Gasteiger charge is 2.23. The first-order chi connectivity index (χ1) is 14.0. The molecule has 1 saturated heterocycles. The topological polar surface area (TPSA) is 45.7 Å². The fraction of sp³-hybridized carbons (Fsp3) is 0.333. The molecular formula is C21H21Cl2N3O2S. The fourth-order valence-corrected chi connectivity index (χ4v) is 4.77. The molecule has 1 fully saturated rings. The van der Waals surface area contributed by atoms with Crippen LogP contribution in [0.2, 0.25) is 10.0 Å². The van der Waals surface area contributed by atoms with Crippen molar-refractivity contribution in [3.05, 3.63) is 57.6 Å². The summed E-state index contributed by atoms with van der Waals surface area (Å²) in [7, 11) is 0. The molecule has 3 aromatic rings. The van der Waals surface area contributed by atoms with Gasteiger partial charge in [-0.25, -0.2) is 4.98 Å². The lowest BCUT2D eigenvalue weighted by Crippen LogP contribution is -2.43. The standard InChI is InChI=1S/C21H21Cl2N3O2S/c1-14-2-7-17(23)19-18(14)24-21(29-19)26(9-8-25-10-12-28-13-11-25)20(27)15-3-5-16(22)6-4-15/h2-7H,8-13H2,1H3. The smallest absolute Gasteiger partial charge is 0.260 e. The van der Waals surface area contributed by atoms with E-state index >= 15 is 0 Å². The van der Waals surface area contributed by atoms with Crippen molar-refractivity contribution in [2.75, 3.05) is 44.3 Å². The van der Waals surface area contributed by atoms with Crippen molar-refractivity contribution in [3.63, 3.8) is 0 Å². The molecule has 5 nitrogen and oxygen atoms in total. The van der Waals surface area contributed by atoms with E-state index in [-0.39, 0.29) is 5.91 Å². The van der Waals surface area contributed by atoms with Gasteiger partial charge in [0.2, 0.25) is 0 Å². The first-order valence-electron chi connectivity index (χ1n) is 9.46. The van der Waals surface area contributed by atoms with Crippen molar-refractivity contribution in [1.29, 1.82) is 0 Å². The molecule has 0 bridgehead atoms. The van der Waals surface area contributed by atoms with Crippen LogP contribution in [0.25, 0.3) is 10.2 Å². The highest BCUT2D eigenvalue weighted by molar-refractivity contribution is 7.23. The number of carbonyl (C=O) groups excluding carboxylic acids is 1. The van der Waals surface area contributed by atoms with Crippen LogP contribution < -0.4 is 4.90 Å². The Morgan fingerprint density at radius 3 is 2.59 bits per heavy atom. The van der Waals surface area contributed by atoms with Crippen LogP contribution in [0, 0.1) is 6.92 Å². The molecule has 0 atom stereocenters. The molecule has 2 heterocycles. The number of rotatable bonds is 5. The molecule has 1 aliphatic heterocycles. The summed E-state index contributed by atoms with van der Waals surface area (Å²) >= 11 is 13.8. The van der Waals surface area contributed by atoms with Crippen LogP contribution in [0.5, 0.6) is 0 Å². The molecule has 4 rings (SSSR count). The van der Waals surface area contributed by atoms with Gasteiger partial charge in [-0.15, -0.1) is 0 Å². The fourth-order valence-electron chi connectivity index (χ4n) is 3.30. The van der Waals surface area contributed by atoms with Crippen molar-refractivity contribution in [2.45, 2.75) is 6.92 Å². The van der Waals surface area contributed by atoms with Crippen molar-refractivity contribution < 1.29 is 9.53 Å². The third kappa shape index (κ3) is 4.57. The van der Waals surface area contributed by atoms with E-state index in [2.05, 4.69) is 4.90 Å². The van der Waals surface area contributed by atoms with E-state index < -0.39 is 0 Å². The van der Waals surface area contributed by atoms with Crippen LogP contribution in [-0.4, -0.2) is 55.2 Å². The van der Waals surface area contributed by atoms with Gasteiger partial charge in [-0.05, 0) is 42.8 Å². The Morgan fingerprint density at radius 2 is 1.90 bits per heavy atom. The number of thiazole rings is 1. The number of hydrogen-bond acceptors (Lipinski definition) is 5. The van der Waals surface area contributed by atoms with E-state index in [4.69, 9.17) is 32.9 Å². The number of nitrogens with zero attached hydrogens (tertiary/aromatic N) is 3. The second kappa shape index (κ2) is 8.98. The largest absolute Gasteiger partial charge is 0.379 e. The van der Waals surface area contributed by atoms with Crippen LogP contribution in [0.3, 0.4) is 0 Å². The van der Waals surface area contributed by atoms with Gasteiger partial charge in [-0.3, -0.25) is 14.6 Å². The van der Waals surface area contributed by atoms with Crippen LogP contribution in [0.15, 0.2) is 36.4 Å². The second-order valence-corrected chi connectivity index (χ2v) is 8.78. The molecule has 1 aliphatic rings. The summed E-state index contributed by atoms with van der Waals surface area (Å²) in [4.78, 5) is 22.2. The van der Waals surface area contributed by atoms with E-state index in [1.807, 2.05) is 19.1 Å². The van der Waals surface area contributed by atoms with Gasteiger partial charge in [0.15, 0.2) is 5.13 Å². The van der Waals surface area contributed by atoms with Crippen LogP contribution in [0.1, 0.15) is 15.9 Å². The maximum atomic E-state index is 13.3. The lowest BCUT2D eigenvalue weighted by Gasteiger charge is -2.29. The predicted octanol–water partition coefficient (Wildman–Crippen LogP) is 4.89. The number of ether oxygens (including phenoxy) is 1. The molecule has 152 valence electrons. The zero-order valence-corrected chi connectivity index (χ0v) is 18.4. The monoisotopic (exact) mass is 449 g/mol. The number of hydrogen-bond donors (Lipinski definition) is 0. The summed E-state index contributed by atoms with van der Waals surface area (Å²) in [6.45, 7) is 6.48.